The molecule has 8 heteroatoms. The molecule has 0 unspecified atom stereocenters. The zero-order valence-corrected chi connectivity index (χ0v) is 12.6. The van der Waals surface area contributed by atoms with Crippen molar-refractivity contribution < 1.29 is 13.2 Å². The van der Waals surface area contributed by atoms with E-state index in [-0.39, 0.29) is 0 Å². The first kappa shape index (κ1) is 16.6. The van der Waals surface area contributed by atoms with Gasteiger partial charge in [-0.1, -0.05) is 6.58 Å². The molecule has 2 rings (SSSR count). The van der Waals surface area contributed by atoms with Crippen LogP contribution in [0.5, 0.6) is 0 Å². The third kappa shape index (κ3) is 4.12. The molecule has 1 heterocycles. The van der Waals surface area contributed by atoms with Gasteiger partial charge < -0.3 is 11.1 Å². The van der Waals surface area contributed by atoms with Crippen molar-refractivity contribution in [3.63, 3.8) is 0 Å². The second-order valence-electron chi connectivity index (χ2n) is 4.97. The summed E-state index contributed by atoms with van der Waals surface area (Å²) in [5.74, 6) is 1.14. The molecule has 5 nitrogen and oxygen atoms in total. The monoisotopic (exact) mass is 323 g/mol. The number of nitrogens with one attached hydrogen (secondary N) is 1. The fourth-order valence-electron chi connectivity index (χ4n) is 1.92. The molecule has 122 valence electrons. The largest absolute Gasteiger partial charge is 0.416 e. The minimum Gasteiger partial charge on any atom is -0.386 e. The molecule has 0 atom stereocenters. The average Bonchev–Trinajstić information content (AvgIpc) is 2.42. The predicted molar refractivity (Wildman–Crippen MR) is 83.7 cm³/mol. The third-order valence-corrected chi connectivity index (χ3v) is 2.86. The van der Waals surface area contributed by atoms with Crippen LogP contribution in [-0.2, 0) is 6.18 Å². The minimum absolute atomic E-state index is 0.293. The lowest BCUT2D eigenvalue weighted by atomic mass is 10.2. The van der Waals surface area contributed by atoms with E-state index in [1.54, 1.807) is 13.0 Å². The van der Waals surface area contributed by atoms with E-state index in [9.17, 15) is 13.2 Å². The van der Waals surface area contributed by atoms with Crippen molar-refractivity contribution >= 4 is 17.4 Å². The smallest absolute Gasteiger partial charge is 0.386 e. The Morgan fingerprint density at radius 3 is 2.39 bits per heavy atom. The van der Waals surface area contributed by atoms with E-state index < -0.39 is 11.7 Å². The standard InChI is InChI=1S/C15H16F3N5/c1-9-8-14(23(11(3)20-9)22-10(2)19)21-13-6-4-12(5-7-13)15(16,17)18/h4-8,20H,3H2,1-2H3,(H2,19,22). The molecule has 0 aliphatic carbocycles. The van der Waals surface area contributed by atoms with Gasteiger partial charge in [0.2, 0.25) is 0 Å². The van der Waals surface area contributed by atoms with E-state index in [0.29, 0.717) is 23.2 Å². The zero-order chi connectivity index (χ0) is 17.2. The van der Waals surface area contributed by atoms with Crippen molar-refractivity contribution in [1.82, 2.24) is 10.3 Å². The summed E-state index contributed by atoms with van der Waals surface area (Å²) in [7, 11) is 0. The van der Waals surface area contributed by atoms with E-state index in [2.05, 4.69) is 22.0 Å². The van der Waals surface area contributed by atoms with Crippen LogP contribution in [0, 0.1) is 0 Å². The number of benzene rings is 1. The Morgan fingerprint density at radius 2 is 1.87 bits per heavy atom. The van der Waals surface area contributed by atoms with E-state index in [1.165, 1.54) is 17.1 Å². The molecule has 1 aliphatic rings. The maximum Gasteiger partial charge on any atom is 0.416 e. The van der Waals surface area contributed by atoms with E-state index in [4.69, 9.17) is 5.73 Å². The molecule has 0 saturated carbocycles. The number of amidine groups is 2. The van der Waals surface area contributed by atoms with Crippen LogP contribution in [0.15, 0.2) is 58.5 Å². The van der Waals surface area contributed by atoms with Crippen molar-refractivity contribution in [3.8, 4) is 0 Å². The maximum absolute atomic E-state index is 12.6. The molecule has 0 radical (unpaired) electrons. The Morgan fingerprint density at radius 1 is 1.26 bits per heavy atom. The molecular formula is C15H16F3N5. The van der Waals surface area contributed by atoms with Gasteiger partial charge >= 0.3 is 6.18 Å². The lowest BCUT2D eigenvalue weighted by Crippen LogP contribution is -2.36. The fraction of sp³-hybridized carbons (Fsp3) is 0.200. The molecule has 0 bridgehead atoms. The van der Waals surface area contributed by atoms with Gasteiger partial charge in [-0.05, 0) is 38.1 Å². The number of hydrogen-bond donors (Lipinski definition) is 2. The number of hydrogen-bond acceptors (Lipinski definition) is 3. The van der Waals surface area contributed by atoms with Crippen molar-refractivity contribution in [3.05, 3.63) is 54.0 Å². The highest BCUT2D eigenvalue weighted by Crippen LogP contribution is 2.30. The normalized spacial score (nSPS) is 18.0. The molecule has 3 N–H and O–H groups in total. The molecule has 0 fully saturated rings. The lowest BCUT2D eigenvalue weighted by molar-refractivity contribution is -0.137. The predicted octanol–water partition coefficient (Wildman–Crippen LogP) is 3.31. The number of aliphatic imine (C=N–C) groups is 1. The molecule has 0 aromatic heterocycles. The van der Waals surface area contributed by atoms with Crippen LogP contribution in [-0.4, -0.2) is 16.7 Å². The number of hydrazone groups is 1. The van der Waals surface area contributed by atoms with Gasteiger partial charge in [0, 0.05) is 11.8 Å². The van der Waals surface area contributed by atoms with Crippen molar-refractivity contribution in [2.24, 2.45) is 15.8 Å². The summed E-state index contributed by atoms with van der Waals surface area (Å²) < 4.78 is 37.7. The molecule has 23 heavy (non-hydrogen) atoms. The van der Waals surface area contributed by atoms with E-state index >= 15 is 0 Å². The van der Waals surface area contributed by atoms with Crippen LogP contribution in [0.4, 0.5) is 18.9 Å². The van der Waals surface area contributed by atoms with Crippen LogP contribution < -0.4 is 11.1 Å². The highest BCUT2D eigenvalue weighted by Gasteiger charge is 2.30. The topological polar surface area (TPSA) is 66.0 Å². The van der Waals surface area contributed by atoms with Gasteiger partial charge in [-0.3, -0.25) is 0 Å². The van der Waals surface area contributed by atoms with Gasteiger partial charge in [0.15, 0.2) is 5.84 Å². The summed E-state index contributed by atoms with van der Waals surface area (Å²) in [6.45, 7) is 7.23. The molecule has 1 aromatic rings. The number of alkyl halides is 3. The van der Waals surface area contributed by atoms with Gasteiger partial charge in [0.25, 0.3) is 0 Å². The highest BCUT2D eigenvalue weighted by atomic mass is 19.4. The van der Waals surface area contributed by atoms with E-state index in [1.807, 2.05) is 6.92 Å². The Balaban J connectivity index is 2.40. The Labute approximate surface area is 131 Å². The summed E-state index contributed by atoms with van der Waals surface area (Å²) in [6, 6.07) is 4.54. The summed E-state index contributed by atoms with van der Waals surface area (Å²) in [6.07, 6.45) is -2.68. The first-order valence-corrected chi connectivity index (χ1v) is 6.68. The maximum atomic E-state index is 12.6. The first-order valence-electron chi connectivity index (χ1n) is 6.68. The number of allylic oxidation sites excluding steroid dienone is 1. The zero-order valence-electron chi connectivity index (χ0n) is 12.6. The van der Waals surface area contributed by atoms with Crippen molar-refractivity contribution in [2.75, 3.05) is 0 Å². The number of rotatable bonds is 2. The third-order valence-electron chi connectivity index (χ3n) is 2.86. The van der Waals surface area contributed by atoms with Crippen molar-refractivity contribution in [2.45, 2.75) is 20.0 Å². The number of nitrogens with two attached hydrogens (primary N) is 1. The summed E-state index contributed by atoms with van der Waals surface area (Å²) in [5.41, 5.74) is 6.00. The van der Waals surface area contributed by atoms with Crippen LogP contribution in [0.25, 0.3) is 0 Å². The molecule has 0 amide bonds. The van der Waals surface area contributed by atoms with Gasteiger partial charge in [0.05, 0.1) is 11.3 Å². The summed E-state index contributed by atoms with van der Waals surface area (Å²) in [4.78, 5) is 4.31. The SMILES string of the molecule is C=C1NC(C)=CC(=Nc2ccc(C(F)(F)F)cc2)N1/N=C(/C)N. The number of nitrogens with zero attached hydrogens (tertiary/aromatic N) is 3. The van der Waals surface area contributed by atoms with Crippen LogP contribution in [0.3, 0.4) is 0 Å². The Kier molecular flexibility index (Phi) is 4.44. The molecule has 0 spiro atoms. The molecular weight excluding hydrogens is 307 g/mol. The second kappa shape index (κ2) is 6.15. The first-order chi connectivity index (χ1) is 10.7. The van der Waals surface area contributed by atoms with Gasteiger partial charge in [-0.2, -0.15) is 23.3 Å². The quantitative estimate of drug-likeness (QED) is 0.648. The lowest BCUT2D eigenvalue weighted by Gasteiger charge is -2.27. The summed E-state index contributed by atoms with van der Waals surface area (Å²) in [5, 5.41) is 8.47. The van der Waals surface area contributed by atoms with Crippen molar-refractivity contribution in [1.29, 1.82) is 0 Å². The molecule has 1 aliphatic heterocycles. The Hall–Kier alpha value is -2.77. The average molecular weight is 323 g/mol. The highest BCUT2D eigenvalue weighted by molar-refractivity contribution is 5.98. The Bertz CT molecular complexity index is 695. The van der Waals surface area contributed by atoms with Gasteiger partial charge in [-0.15, -0.1) is 0 Å². The van der Waals surface area contributed by atoms with Crippen LogP contribution in [0.2, 0.25) is 0 Å². The summed E-state index contributed by atoms with van der Waals surface area (Å²) >= 11 is 0. The second-order valence-corrected chi connectivity index (χ2v) is 4.97. The van der Waals surface area contributed by atoms with Crippen LogP contribution in [0.1, 0.15) is 19.4 Å². The van der Waals surface area contributed by atoms with Gasteiger partial charge in [-0.25, -0.2) is 4.99 Å². The molecule has 1 aromatic carbocycles. The fourth-order valence-corrected chi connectivity index (χ4v) is 1.92. The van der Waals surface area contributed by atoms with E-state index in [0.717, 1.165) is 17.8 Å². The molecule has 0 saturated heterocycles. The minimum atomic E-state index is -4.38. The van der Waals surface area contributed by atoms with Crippen LogP contribution >= 0.6 is 0 Å². The van der Waals surface area contributed by atoms with Gasteiger partial charge in [0.1, 0.15) is 11.7 Å². The number of halogens is 3.